The predicted molar refractivity (Wildman–Crippen MR) is 76.1 cm³/mol. The molecule has 0 saturated carbocycles. The van der Waals surface area contributed by atoms with Crippen molar-refractivity contribution >= 4 is 11.8 Å². The summed E-state index contributed by atoms with van der Waals surface area (Å²) < 4.78 is 5.39. The second-order valence-electron chi connectivity index (χ2n) is 4.38. The van der Waals surface area contributed by atoms with Crippen molar-refractivity contribution in [3.63, 3.8) is 0 Å². The first kappa shape index (κ1) is 16.0. The Bertz CT molecular complexity index is 445. The monoisotopic (exact) mass is 279 g/mol. The third kappa shape index (κ3) is 5.27. The number of amides is 2. The summed E-state index contributed by atoms with van der Waals surface area (Å²) in [5.74, 6) is 0.356. The molecule has 2 amide bonds. The van der Waals surface area contributed by atoms with Crippen molar-refractivity contribution in [3.05, 3.63) is 29.8 Å². The van der Waals surface area contributed by atoms with Crippen molar-refractivity contribution in [2.24, 2.45) is 5.73 Å². The van der Waals surface area contributed by atoms with Crippen molar-refractivity contribution in [2.75, 3.05) is 27.2 Å². The van der Waals surface area contributed by atoms with E-state index in [-0.39, 0.29) is 24.8 Å². The minimum absolute atomic E-state index is 0.0494. The molecule has 6 nitrogen and oxygen atoms in total. The van der Waals surface area contributed by atoms with Crippen LogP contribution in [0.15, 0.2) is 24.3 Å². The van der Waals surface area contributed by atoms with Gasteiger partial charge in [-0.15, -0.1) is 0 Å². The maximum atomic E-state index is 11.8. The first-order valence-corrected chi connectivity index (χ1v) is 6.43. The van der Waals surface area contributed by atoms with Gasteiger partial charge in [0, 0.05) is 33.6 Å². The highest BCUT2D eigenvalue weighted by molar-refractivity contribution is 5.79. The van der Waals surface area contributed by atoms with Crippen LogP contribution in [-0.4, -0.2) is 44.0 Å². The second kappa shape index (κ2) is 8.16. The van der Waals surface area contributed by atoms with Crippen LogP contribution in [0.25, 0.3) is 0 Å². The van der Waals surface area contributed by atoms with Gasteiger partial charge in [0.25, 0.3) is 5.91 Å². The molecule has 1 aromatic rings. The zero-order valence-corrected chi connectivity index (χ0v) is 11.9. The maximum Gasteiger partial charge on any atom is 0.260 e. The summed E-state index contributed by atoms with van der Waals surface area (Å²) in [4.78, 5) is 24.4. The van der Waals surface area contributed by atoms with E-state index in [0.717, 1.165) is 5.56 Å². The van der Waals surface area contributed by atoms with Gasteiger partial charge in [0.1, 0.15) is 5.75 Å². The molecule has 0 atom stereocenters. The van der Waals surface area contributed by atoms with Crippen LogP contribution < -0.4 is 15.8 Å². The number of carbonyl (C=O) groups excluding carboxylic acids is 2. The van der Waals surface area contributed by atoms with Crippen molar-refractivity contribution in [1.82, 2.24) is 10.2 Å². The fourth-order valence-electron chi connectivity index (χ4n) is 1.50. The van der Waals surface area contributed by atoms with E-state index in [1.807, 2.05) is 12.1 Å². The van der Waals surface area contributed by atoms with Gasteiger partial charge >= 0.3 is 0 Å². The zero-order valence-electron chi connectivity index (χ0n) is 11.9. The number of benzene rings is 1. The molecular weight excluding hydrogens is 258 g/mol. The zero-order chi connectivity index (χ0) is 15.0. The quantitative estimate of drug-likeness (QED) is 0.742. The van der Waals surface area contributed by atoms with Crippen LogP contribution in [0.4, 0.5) is 0 Å². The molecule has 0 radical (unpaired) electrons. The maximum absolute atomic E-state index is 11.8. The van der Waals surface area contributed by atoms with Gasteiger partial charge < -0.3 is 20.7 Å². The van der Waals surface area contributed by atoms with Gasteiger partial charge in [-0.2, -0.15) is 0 Å². The molecule has 0 unspecified atom stereocenters. The summed E-state index contributed by atoms with van der Waals surface area (Å²) in [7, 11) is 3.21. The Morgan fingerprint density at radius 2 is 1.95 bits per heavy atom. The minimum atomic E-state index is -0.170. The van der Waals surface area contributed by atoms with Crippen LogP contribution in [0.2, 0.25) is 0 Å². The minimum Gasteiger partial charge on any atom is -0.484 e. The first-order valence-electron chi connectivity index (χ1n) is 6.43. The molecule has 0 aliphatic rings. The summed E-state index contributed by atoms with van der Waals surface area (Å²) in [5.41, 5.74) is 6.50. The Labute approximate surface area is 118 Å². The molecule has 0 aromatic heterocycles. The standard InChI is InChI=1S/C14H21N3O3/c1-16-13(18)7-8-17(2)14(19)10-20-12-5-3-11(9-15)4-6-12/h3-6H,7-10,15H2,1-2H3,(H,16,18). The van der Waals surface area contributed by atoms with E-state index >= 15 is 0 Å². The first-order chi connectivity index (χ1) is 9.56. The average molecular weight is 279 g/mol. The van der Waals surface area contributed by atoms with Gasteiger partial charge in [-0.1, -0.05) is 12.1 Å². The van der Waals surface area contributed by atoms with E-state index in [2.05, 4.69) is 5.32 Å². The number of hydrogen-bond donors (Lipinski definition) is 2. The average Bonchev–Trinajstić information content (AvgIpc) is 2.50. The Balaban J connectivity index is 2.35. The van der Waals surface area contributed by atoms with Crippen LogP contribution >= 0.6 is 0 Å². The van der Waals surface area contributed by atoms with E-state index in [9.17, 15) is 9.59 Å². The summed E-state index contributed by atoms with van der Waals surface area (Å²) in [5, 5.41) is 2.51. The molecule has 0 aliphatic carbocycles. The third-order valence-electron chi connectivity index (χ3n) is 2.90. The van der Waals surface area contributed by atoms with Crippen molar-refractivity contribution in [3.8, 4) is 5.75 Å². The second-order valence-corrected chi connectivity index (χ2v) is 4.38. The lowest BCUT2D eigenvalue weighted by Crippen LogP contribution is -2.34. The lowest BCUT2D eigenvalue weighted by molar-refractivity contribution is -0.132. The fraction of sp³-hybridized carbons (Fsp3) is 0.429. The van der Waals surface area contributed by atoms with Crippen LogP contribution in [0.3, 0.4) is 0 Å². The molecule has 1 rings (SSSR count). The summed E-state index contributed by atoms with van der Waals surface area (Å²) >= 11 is 0. The normalized spacial score (nSPS) is 9.95. The van der Waals surface area contributed by atoms with Gasteiger partial charge in [-0.25, -0.2) is 0 Å². The Hall–Kier alpha value is -2.08. The highest BCUT2D eigenvalue weighted by Crippen LogP contribution is 2.11. The number of ether oxygens (including phenoxy) is 1. The Morgan fingerprint density at radius 1 is 1.30 bits per heavy atom. The molecule has 110 valence electrons. The summed E-state index contributed by atoms with van der Waals surface area (Å²) in [6, 6.07) is 7.27. The van der Waals surface area contributed by atoms with E-state index in [1.165, 1.54) is 4.90 Å². The molecule has 0 fully saturated rings. The van der Waals surface area contributed by atoms with E-state index in [4.69, 9.17) is 10.5 Å². The van der Waals surface area contributed by atoms with E-state index in [1.54, 1.807) is 26.2 Å². The van der Waals surface area contributed by atoms with Gasteiger partial charge in [-0.3, -0.25) is 9.59 Å². The summed E-state index contributed by atoms with van der Waals surface area (Å²) in [6.45, 7) is 0.793. The summed E-state index contributed by atoms with van der Waals surface area (Å²) in [6.07, 6.45) is 0.282. The number of nitrogens with zero attached hydrogens (tertiary/aromatic N) is 1. The predicted octanol–water partition coefficient (Wildman–Crippen LogP) is 0.119. The molecule has 0 aliphatic heterocycles. The van der Waals surface area contributed by atoms with Gasteiger partial charge in [0.2, 0.25) is 5.91 Å². The SMILES string of the molecule is CNC(=O)CCN(C)C(=O)COc1ccc(CN)cc1. The molecule has 0 heterocycles. The molecule has 3 N–H and O–H groups in total. The number of rotatable bonds is 7. The number of hydrogen-bond acceptors (Lipinski definition) is 4. The van der Waals surface area contributed by atoms with Crippen LogP contribution in [0, 0.1) is 0 Å². The third-order valence-corrected chi connectivity index (χ3v) is 2.90. The van der Waals surface area contributed by atoms with Gasteiger partial charge in [-0.05, 0) is 17.7 Å². The van der Waals surface area contributed by atoms with Crippen molar-refractivity contribution < 1.29 is 14.3 Å². The van der Waals surface area contributed by atoms with Crippen molar-refractivity contribution in [2.45, 2.75) is 13.0 Å². The van der Waals surface area contributed by atoms with Gasteiger partial charge in [0.05, 0.1) is 0 Å². The number of nitrogens with one attached hydrogen (secondary N) is 1. The van der Waals surface area contributed by atoms with Crippen LogP contribution in [-0.2, 0) is 16.1 Å². The Kier molecular flexibility index (Phi) is 6.52. The van der Waals surface area contributed by atoms with E-state index in [0.29, 0.717) is 18.8 Å². The lowest BCUT2D eigenvalue weighted by atomic mass is 10.2. The van der Waals surface area contributed by atoms with Crippen LogP contribution in [0.1, 0.15) is 12.0 Å². The molecule has 0 bridgehead atoms. The smallest absolute Gasteiger partial charge is 0.260 e. The lowest BCUT2D eigenvalue weighted by Gasteiger charge is -2.17. The van der Waals surface area contributed by atoms with Crippen molar-refractivity contribution in [1.29, 1.82) is 0 Å². The number of likely N-dealkylation sites (N-methyl/N-ethyl adjacent to an activating group) is 1. The highest BCUT2D eigenvalue weighted by atomic mass is 16.5. The van der Waals surface area contributed by atoms with Gasteiger partial charge in [0.15, 0.2) is 6.61 Å². The molecule has 20 heavy (non-hydrogen) atoms. The molecular formula is C14H21N3O3. The largest absolute Gasteiger partial charge is 0.484 e. The molecule has 1 aromatic carbocycles. The molecule has 0 spiro atoms. The van der Waals surface area contributed by atoms with Crippen LogP contribution in [0.5, 0.6) is 5.75 Å². The Morgan fingerprint density at radius 3 is 2.50 bits per heavy atom. The molecule has 0 saturated heterocycles. The fourth-order valence-corrected chi connectivity index (χ4v) is 1.50. The highest BCUT2D eigenvalue weighted by Gasteiger charge is 2.10. The van der Waals surface area contributed by atoms with E-state index < -0.39 is 0 Å². The number of carbonyl (C=O) groups is 2. The molecule has 6 heteroatoms. The topological polar surface area (TPSA) is 84.7 Å². The number of nitrogens with two attached hydrogens (primary N) is 1.